The maximum absolute atomic E-state index is 13.4. The minimum atomic E-state index is -5.86. The van der Waals surface area contributed by atoms with Crippen molar-refractivity contribution in [3.8, 4) is 0 Å². The van der Waals surface area contributed by atoms with Crippen LogP contribution in [0.25, 0.3) is 0 Å². The summed E-state index contributed by atoms with van der Waals surface area (Å²) in [6.07, 6.45) is -2.84. The molecular weight excluding hydrogens is 341 g/mol. The number of hydrogen-bond acceptors (Lipinski definition) is 5. The average molecular weight is 351 g/mol. The number of pyridine rings is 1. The normalized spacial score (nSPS) is 12.2. The van der Waals surface area contributed by atoms with Gasteiger partial charge in [-0.3, -0.25) is 10.1 Å². The van der Waals surface area contributed by atoms with Crippen LogP contribution in [0.4, 0.5) is 33.3 Å². The summed E-state index contributed by atoms with van der Waals surface area (Å²) >= 11 is 0. The molecule has 0 aromatic carbocycles. The quantitative estimate of drug-likeness (QED) is 0.464. The molecule has 0 amide bonds. The highest BCUT2D eigenvalue weighted by Gasteiger charge is 2.60. The Morgan fingerprint density at radius 1 is 1.33 bits per heavy atom. The van der Waals surface area contributed by atoms with Crippen LogP contribution >= 0.6 is 0 Å². The van der Waals surface area contributed by atoms with Crippen molar-refractivity contribution in [2.24, 2.45) is 0 Å². The van der Waals surface area contributed by atoms with Crippen molar-refractivity contribution >= 4 is 11.4 Å². The van der Waals surface area contributed by atoms with Crippen molar-refractivity contribution in [3.05, 3.63) is 52.2 Å². The Kier molecular flexibility index (Phi) is 4.45. The zero-order chi connectivity index (χ0) is 18.1. The van der Waals surface area contributed by atoms with Crippen LogP contribution in [0.15, 0.2) is 35.3 Å². The Balaban J connectivity index is 2.47. The van der Waals surface area contributed by atoms with Gasteiger partial charge < -0.3 is 9.32 Å². The maximum atomic E-state index is 13.4. The molecule has 0 spiro atoms. The Morgan fingerprint density at radius 3 is 2.50 bits per heavy atom. The Hall–Kier alpha value is -2.72. The van der Waals surface area contributed by atoms with Gasteiger partial charge in [0, 0.05) is 19.2 Å². The van der Waals surface area contributed by atoms with Crippen LogP contribution in [-0.4, -0.2) is 23.1 Å². The highest BCUT2D eigenvalue weighted by molar-refractivity contribution is 5.62. The molecule has 0 saturated carbocycles. The van der Waals surface area contributed by atoms with E-state index < -0.39 is 34.1 Å². The number of hydrogen-bond donors (Lipinski definition) is 0. The smallest absolute Gasteiger partial charge is 0.459 e. The molecule has 0 radical (unpaired) electrons. The second-order valence-electron chi connectivity index (χ2n) is 4.88. The number of nitrogens with zero attached hydrogens (tertiary/aromatic N) is 3. The fraction of sp³-hybridized carbons (Fsp3) is 0.308. The minimum Gasteiger partial charge on any atom is -0.472 e. The summed E-state index contributed by atoms with van der Waals surface area (Å²) in [5.74, 6) is -5.23. The number of alkyl halides is 5. The SMILES string of the molecule is CN(Cc1ccoc1)c1cc(C(F)(F)C(F)(F)F)ncc1[N+](=O)[O-]. The van der Waals surface area contributed by atoms with Crippen molar-refractivity contribution in [1.82, 2.24) is 4.98 Å². The predicted molar refractivity (Wildman–Crippen MR) is 71.7 cm³/mol. The number of furan rings is 1. The molecule has 24 heavy (non-hydrogen) atoms. The van der Waals surface area contributed by atoms with E-state index in [2.05, 4.69) is 4.98 Å². The molecule has 0 aliphatic rings. The van der Waals surface area contributed by atoms with E-state index in [-0.39, 0.29) is 6.54 Å². The van der Waals surface area contributed by atoms with Gasteiger partial charge in [-0.2, -0.15) is 22.0 Å². The van der Waals surface area contributed by atoms with Crippen molar-refractivity contribution in [1.29, 1.82) is 0 Å². The van der Waals surface area contributed by atoms with E-state index in [4.69, 9.17) is 4.42 Å². The Bertz CT molecular complexity index is 731. The molecule has 0 unspecified atom stereocenters. The van der Waals surface area contributed by atoms with Gasteiger partial charge in [-0.25, -0.2) is 4.98 Å². The summed E-state index contributed by atoms with van der Waals surface area (Å²) in [6.45, 7) is -0.00160. The number of anilines is 1. The summed E-state index contributed by atoms with van der Waals surface area (Å²) in [6, 6.07) is 1.89. The lowest BCUT2D eigenvalue weighted by atomic mass is 10.1. The molecule has 2 rings (SSSR count). The second-order valence-corrected chi connectivity index (χ2v) is 4.88. The fourth-order valence-corrected chi connectivity index (χ4v) is 1.94. The van der Waals surface area contributed by atoms with Gasteiger partial charge in [0.1, 0.15) is 17.6 Å². The fourth-order valence-electron chi connectivity index (χ4n) is 1.94. The average Bonchev–Trinajstić information content (AvgIpc) is 2.98. The molecule has 0 fully saturated rings. The van der Waals surface area contributed by atoms with Gasteiger partial charge >= 0.3 is 17.8 Å². The summed E-state index contributed by atoms with van der Waals surface area (Å²) < 4.78 is 69.1. The Morgan fingerprint density at radius 2 is 2.00 bits per heavy atom. The zero-order valence-electron chi connectivity index (χ0n) is 12.1. The van der Waals surface area contributed by atoms with Gasteiger partial charge in [-0.1, -0.05) is 0 Å². The van der Waals surface area contributed by atoms with Gasteiger partial charge in [-0.05, 0) is 12.1 Å². The van der Waals surface area contributed by atoms with Crippen LogP contribution in [0.1, 0.15) is 11.3 Å². The first-order valence-electron chi connectivity index (χ1n) is 6.35. The molecule has 0 bridgehead atoms. The topological polar surface area (TPSA) is 72.4 Å². The third-order valence-corrected chi connectivity index (χ3v) is 3.15. The zero-order valence-corrected chi connectivity index (χ0v) is 12.1. The lowest BCUT2D eigenvalue weighted by molar-refractivity contribution is -0.384. The molecule has 0 atom stereocenters. The molecule has 0 aliphatic carbocycles. The van der Waals surface area contributed by atoms with Gasteiger partial charge in [0.05, 0.1) is 17.4 Å². The van der Waals surface area contributed by atoms with Gasteiger partial charge in [0.25, 0.3) is 0 Å². The van der Waals surface area contributed by atoms with Crippen LogP contribution in [0.5, 0.6) is 0 Å². The van der Waals surface area contributed by atoms with Crippen LogP contribution in [-0.2, 0) is 12.5 Å². The molecule has 11 heteroatoms. The molecule has 6 nitrogen and oxygen atoms in total. The number of halogens is 5. The first-order chi connectivity index (χ1) is 11.0. The van der Waals surface area contributed by atoms with Crippen molar-refractivity contribution < 1.29 is 31.3 Å². The summed E-state index contributed by atoms with van der Waals surface area (Å²) in [5, 5.41) is 11.0. The van der Waals surface area contributed by atoms with Gasteiger partial charge in [0.2, 0.25) is 0 Å². The molecule has 0 N–H and O–H groups in total. The standard InChI is InChI=1S/C13H10F5N3O3/c1-20(6-8-2-3-24-7-8)9-4-11(12(14,15)13(16,17)18)19-5-10(9)21(22)23/h2-5,7H,6H2,1H3. The van der Waals surface area contributed by atoms with E-state index in [1.165, 1.54) is 25.6 Å². The lowest BCUT2D eigenvalue weighted by Crippen LogP contribution is -2.34. The largest absolute Gasteiger partial charge is 0.472 e. The molecule has 2 heterocycles. The first kappa shape index (κ1) is 17.6. The van der Waals surface area contributed by atoms with Crippen molar-refractivity contribution in [2.45, 2.75) is 18.6 Å². The van der Waals surface area contributed by atoms with E-state index in [0.717, 1.165) is 4.90 Å². The van der Waals surface area contributed by atoms with E-state index in [1.54, 1.807) is 0 Å². The van der Waals surface area contributed by atoms with Crippen LogP contribution < -0.4 is 4.90 Å². The van der Waals surface area contributed by atoms with E-state index in [1.807, 2.05) is 0 Å². The van der Waals surface area contributed by atoms with Gasteiger partial charge in [0.15, 0.2) is 0 Å². The van der Waals surface area contributed by atoms with E-state index >= 15 is 0 Å². The monoisotopic (exact) mass is 351 g/mol. The maximum Gasteiger partial charge on any atom is 0.459 e. The molecule has 0 aliphatic heterocycles. The van der Waals surface area contributed by atoms with Crippen LogP contribution in [0, 0.1) is 10.1 Å². The molecular formula is C13H10F5N3O3. The van der Waals surface area contributed by atoms with Gasteiger partial charge in [-0.15, -0.1) is 0 Å². The summed E-state index contributed by atoms with van der Waals surface area (Å²) in [5.41, 5.74) is -2.18. The Labute approximate surface area is 131 Å². The molecule has 130 valence electrons. The van der Waals surface area contributed by atoms with Crippen molar-refractivity contribution in [3.63, 3.8) is 0 Å². The lowest BCUT2D eigenvalue weighted by Gasteiger charge is -2.22. The molecule has 2 aromatic rings. The highest BCUT2D eigenvalue weighted by Crippen LogP contribution is 2.44. The van der Waals surface area contributed by atoms with Crippen molar-refractivity contribution in [2.75, 3.05) is 11.9 Å². The second kappa shape index (κ2) is 6.06. The van der Waals surface area contributed by atoms with Crippen LogP contribution in [0.3, 0.4) is 0 Å². The third kappa shape index (κ3) is 3.29. The number of nitro groups is 1. The molecule has 0 saturated heterocycles. The highest BCUT2D eigenvalue weighted by atomic mass is 19.4. The number of rotatable bonds is 5. The minimum absolute atomic E-state index is 0.00160. The van der Waals surface area contributed by atoms with Crippen LogP contribution in [0.2, 0.25) is 0 Å². The molecule has 2 aromatic heterocycles. The third-order valence-electron chi connectivity index (χ3n) is 3.15. The summed E-state index contributed by atoms with van der Waals surface area (Å²) in [4.78, 5) is 14.2. The van der Waals surface area contributed by atoms with E-state index in [9.17, 15) is 32.1 Å². The first-order valence-corrected chi connectivity index (χ1v) is 6.35. The number of aromatic nitrogens is 1. The summed E-state index contributed by atoms with van der Waals surface area (Å²) in [7, 11) is 1.31. The predicted octanol–water partition coefficient (Wildman–Crippen LogP) is 3.87. The van der Waals surface area contributed by atoms with E-state index in [0.29, 0.717) is 17.8 Å².